The molecule has 0 radical (unpaired) electrons. The smallest absolute Gasteiger partial charge is 0.192 e. The number of nitrogens with one attached hydrogen (secondary N) is 1. The van der Waals surface area contributed by atoms with Crippen molar-refractivity contribution in [1.82, 2.24) is 10.3 Å². The third kappa shape index (κ3) is 0.694. The number of hydrogen-bond donors (Lipinski definition) is 1. The minimum Gasteiger partial charge on any atom is -0.441 e. The SMILES string of the molecule is C=C1C=C2NCC3CC23c2nc(C)oc21. The molecule has 3 heteroatoms. The van der Waals surface area contributed by atoms with Gasteiger partial charge >= 0.3 is 0 Å². The highest BCUT2D eigenvalue weighted by molar-refractivity contribution is 5.77. The summed E-state index contributed by atoms with van der Waals surface area (Å²) in [6.07, 6.45) is 3.35. The van der Waals surface area contributed by atoms with Crippen molar-refractivity contribution in [2.75, 3.05) is 6.54 Å². The van der Waals surface area contributed by atoms with E-state index in [1.165, 1.54) is 12.1 Å². The summed E-state index contributed by atoms with van der Waals surface area (Å²) in [5.74, 6) is 2.38. The van der Waals surface area contributed by atoms with Gasteiger partial charge in [0.05, 0.1) is 11.1 Å². The molecule has 2 fully saturated rings. The second-order valence-corrected chi connectivity index (χ2v) is 4.75. The molecule has 1 aromatic heterocycles. The number of oxazole rings is 1. The lowest BCUT2D eigenvalue weighted by molar-refractivity contribution is 0.507. The topological polar surface area (TPSA) is 38.1 Å². The third-order valence-electron chi connectivity index (χ3n) is 3.89. The van der Waals surface area contributed by atoms with Crippen LogP contribution in [0.25, 0.3) is 5.57 Å². The standard InChI is InChI=1S/C12H12N2O/c1-6-3-9-12(4-8(12)5-13-9)11-10(6)15-7(2)14-11/h3,8,13H,1,4-5H2,2H3. The summed E-state index contributed by atoms with van der Waals surface area (Å²) in [6.45, 7) is 7.01. The quantitative estimate of drug-likeness (QED) is 0.693. The van der Waals surface area contributed by atoms with E-state index in [2.05, 4.69) is 23.0 Å². The lowest BCUT2D eigenvalue weighted by Crippen LogP contribution is -2.21. The predicted molar refractivity (Wildman–Crippen MR) is 56.1 cm³/mol. The van der Waals surface area contributed by atoms with Gasteiger partial charge in [0, 0.05) is 24.7 Å². The van der Waals surface area contributed by atoms with Crippen LogP contribution in [0.15, 0.2) is 22.8 Å². The molecular formula is C12H12N2O. The second kappa shape index (κ2) is 2.03. The van der Waals surface area contributed by atoms with E-state index in [1.807, 2.05) is 6.92 Å². The molecule has 1 N–H and O–H groups in total. The molecule has 2 heterocycles. The number of piperidine rings is 1. The molecular weight excluding hydrogens is 188 g/mol. The highest BCUT2D eigenvalue weighted by Gasteiger charge is 2.65. The molecule has 2 aliphatic carbocycles. The Balaban J connectivity index is 2.03. The van der Waals surface area contributed by atoms with Crippen LogP contribution in [-0.4, -0.2) is 11.5 Å². The summed E-state index contributed by atoms with van der Waals surface area (Å²) < 4.78 is 5.64. The van der Waals surface area contributed by atoms with Gasteiger partial charge in [-0.3, -0.25) is 0 Å². The molecule has 1 saturated heterocycles. The fourth-order valence-electron chi connectivity index (χ4n) is 3.08. The summed E-state index contributed by atoms with van der Waals surface area (Å²) in [5, 5.41) is 3.45. The lowest BCUT2D eigenvalue weighted by Gasteiger charge is -2.19. The average molecular weight is 200 g/mol. The summed E-state index contributed by atoms with van der Waals surface area (Å²) in [5.41, 5.74) is 3.55. The Morgan fingerprint density at radius 3 is 3.33 bits per heavy atom. The summed E-state index contributed by atoms with van der Waals surface area (Å²) in [7, 11) is 0. The van der Waals surface area contributed by atoms with Gasteiger partial charge in [-0.1, -0.05) is 6.58 Å². The molecule has 2 atom stereocenters. The first-order valence-corrected chi connectivity index (χ1v) is 5.35. The van der Waals surface area contributed by atoms with Gasteiger partial charge in [0.15, 0.2) is 11.7 Å². The Labute approximate surface area is 87.9 Å². The van der Waals surface area contributed by atoms with Crippen LogP contribution in [0, 0.1) is 12.8 Å². The number of allylic oxidation sites excluding steroid dienone is 3. The minimum absolute atomic E-state index is 0.175. The molecule has 1 aromatic rings. The third-order valence-corrected chi connectivity index (χ3v) is 3.89. The largest absolute Gasteiger partial charge is 0.441 e. The monoisotopic (exact) mass is 200 g/mol. The molecule has 1 saturated carbocycles. The van der Waals surface area contributed by atoms with Gasteiger partial charge in [0.2, 0.25) is 0 Å². The Kier molecular flexibility index (Phi) is 1.05. The number of hydrogen-bond acceptors (Lipinski definition) is 3. The predicted octanol–water partition coefficient (Wildman–Crippen LogP) is 1.75. The van der Waals surface area contributed by atoms with Crippen molar-refractivity contribution >= 4 is 5.57 Å². The van der Waals surface area contributed by atoms with Crippen LogP contribution in [0.3, 0.4) is 0 Å². The van der Waals surface area contributed by atoms with Gasteiger partial charge in [-0.15, -0.1) is 0 Å². The molecule has 3 nitrogen and oxygen atoms in total. The number of rotatable bonds is 0. The van der Waals surface area contributed by atoms with Crippen LogP contribution in [0.1, 0.15) is 23.8 Å². The molecule has 4 rings (SSSR count). The van der Waals surface area contributed by atoms with Crippen molar-refractivity contribution in [3.8, 4) is 0 Å². The molecule has 1 aliphatic heterocycles. The molecule has 0 amide bonds. The Bertz CT molecular complexity index is 526. The molecule has 3 aliphatic rings. The Morgan fingerprint density at radius 2 is 2.53 bits per heavy atom. The highest BCUT2D eigenvalue weighted by Crippen LogP contribution is 2.64. The van der Waals surface area contributed by atoms with Crippen molar-refractivity contribution < 1.29 is 4.42 Å². The first-order valence-electron chi connectivity index (χ1n) is 5.35. The van der Waals surface area contributed by atoms with E-state index >= 15 is 0 Å². The van der Waals surface area contributed by atoms with Gasteiger partial charge in [-0.05, 0) is 18.4 Å². The van der Waals surface area contributed by atoms with Crippen LogP contribution >= 0.6 is 0 Å². The van der Waals surface area contributed by atoms with Crippen LogP contribution in [0.2, 0.25) is 0 Å². The van der Waals surface area contributed by atoms with Crippen molar-refractivity contribution in [3.05, 3.63) is 35.7 Å². The highest BCUT2D eigenvalue weighted by atomic mass is 16.4. The average Bonchev–Trinajstić information content (AvgIpc) is 2.59. The van der Waals surface area contributed by atoms with E-state index in [1.54, 1.807) is 0 Å². The van der Waals surface area contributed by atoms with Crippen molar-refractivity contribution in [2.24, 2.45) is 5.92 Å². The van der Waals surface area contributed by atoms with Gasteiger partial charge < -0.3 is 9.73 Å². The van der Waals surface area contributed by atoms with E-state index < -0.39 is 0 Å². The fourth-order valence-corrected chi connectivity index (χ4v) is 3.08. The lowest BCUT2D eigenvalue weighted by atomic mass is 9.88. The number of aromatic nitrogens is 1. The zero-order valence-corrected chi connectivity index (χ0v) is 8.63. The van der Waals surface area contributed by atoms with E-state index in [0.29, 0.717) is 0 Å². The van der Waals surface area contributed by atoms with E-state index in [9.17, 15) is 0 Å². The van der Waals surface area contributed by atoms with E-state index in [4.69, 9.17) is 4.42 Å². The minimum atomic E-state index is 0.175. The van der Waals surface area contributed by atoms with Crippen LogP contribution in [-0.2, 0) is 5.41 Å². The summed E-state index contributed by atoms with van der Waals surface area (Å²) in [4.78, 5) is 4.55. The first kappa shape index (κ1) is 7.74. The van der Waals surface area contributed by atoms with Crippen LogP contribution < -0.4 is 5.32 Å². The number of fused-ring (bicyclic) bond motifs is 1. The van der Waals surface area contributed by atoms with E-state index in [-0.39, 0.29) is 5.41 Å². The number of nitrogens with zero attached hydrogens (tertiary/aromatic N) is 1. The Hall–Kier alpha value is -1.51. The molecule has 1 spiro atoms. The van der Waals surface area contributed by atoms with Gasteiger partial charge in [-0.25, -0.2) is 4.98 Å². The maximum Gasteiger partial charge on any atom is 0.192 e. The van der Waals surface area contributed by atoms with Crippen LogP contribution in [0.5, 0.6) is 0 Å². The normalized spacial score (nSPS) is 35.1. The fraction of sp³-hybridized carbons (Fsp3) is 0.417. The molecule has 0 aromatic carbocycles. The van der Waals surface area contributed by atoms with Crippen molar-refractivity contribution in [1.29, 1.82) is 0 Å². The molecule has 76 valence electrons. The zero-order valence-electron chi connectivity index (χ0n) is 8.63. The number of aryl methyl sites for hydroxylation is 1. The summed E-state index contributed by atoms with van der Waals surface area (Å²) >= 11 is 0. The zero-order chi connectivity index (χ0) is 10.2. The van der Waals surface area contributed by atoms with Crippen molar-refractivity contribution in [3.63, 3.8) is 0 Å². The van der Waals surface area contributed by atoms with Gasteiger partial charge in [0.1, 0.15) is 0 Å². The Morgan fingerprint density at radius 1 is 1.67 bits per heavy atom. The molecule has 15 heavy (non-hydrogen) atoms. The first-order chi connectivity index (χ1) is 7.22. The van der Waals surface area contributed by atoms with Crippen molar-refractivity contribution in [2.45, 2.75) is 18.8 Å². The summed E-state index contributed by atoms with van der Waals surface area (Å²) in [6, 6.07) is 0. The molecule has 0 bridgehead atoms. The van der Waals surface area contributed by atoms with Crippen LogP contribution in [0.4, 0.5) is 0 Å². The second-order valence-electron chi connectivity index (χ2n) is 4.75. The van der Waals surface area contributed by atoms with Gasteiger partial charge in [-0.2, -0.15) is 0 Å². The van der Waals surface area contributed by atoms with E-state index in [0.717, 1.165) is 35.4 Å². The maximum absolute atomic E-state index is 5.64. The van der Waals surface area contributed by atoms with Gasteiger partial charge in [0.25, 0.3) is 0 Å². The maximum atomic E-state index is 5.64. The molecule has 2 unspecified atom stereocenters.